The standard InChI is InChI=1S/C14H12Cl2FN/c1-9(11-4-2-3-5-12(11)16)18-14-8-10(15)6-7-13(14)17/h2-9,18H,1H3. The van der Waals surface area contributed by atoms with Gasteiger partial charge in [-0.2, -0.15) is 0 Å². The van der Waals surface area contributed by atoms with Crippen LogP contribution < -0.4 is 5.32 Å². The first-order chi connectivity index (χ1) is 8.58. The summed E-state index contributed by atoms with van der Waals surface area (Å²) in [5.41, 5.74) is 1.29. The number of rotatable bonds is 3. The highest BCUT2D eigenvalue weighted by atomic mass is 35.5. The molecule has 0 fully saturated rings. The van der Waals surface area contributed by atoms with Crippen molar-refractivity contribution in [3.05, 3.63) is 63.9 Å². The molecule has 0 saturated carbocycles. The molecule has 18 heavy (non-hydrogen) atoms. The van der Waals surface area contributed by atoms with Crippen LogP contribution in [0.2, 0.25) is 10.0 Å². The Bertz CT molecular complexity index is 557. The maximum atomic E-state index is 13.6. The van der Waals surface area contributed by atoms with Crippen LogP contribution in [0.4, 0.5) is 10.1 Å². The van der Waals surface area contributed by atoms with Crippen molar-refractivity contribution in [3.63, 3.8) is 0 Å². The molecule has 4 heteroatoms. The van der Waals surface area contributed by atoms with Gasteiger partial charge in [-0.25, -0.2) is 4.39 Å². The molecule has 2 rings (SSSR count). The van der Waals surface area contributed by atoms with Crippen LogP contribution in [0, 0.1) is 5.82 Å². The van der Waals surface area contributed by atoms with E-state index in [1.807, 2.05) is 31.2 Å². The number of hydrogen-bond acceptors (Lipinski definition) is 1. The van der Waals surface area contributed by atoms with Crippen LogP contribution in [-0.4, -0.2) is 0 Å². The molecule has 0 spiro atoms. The summed E-state index contributed by atoms with van der Waals surface area (Å²) >= 11 is 11.9. The van der Waals surface area contributed by atoms with Crippen LogP contribution in [0.5, 0.6) is 0 Å². The lowest BCUT2D eigenvalue weighted by molar-refractivity contribution is 0.627. The quantitative estimate of drug-likeness (QED) is 0.805. The number of halogens is 3. The molecular formula is C14H12Cl2FN. The van der Waals surface area contributed by atoms with Gasteiger partial charge in [-0.1, -0.05) is 41.4 Å². The predicted molar refractivity (Wildman–Crippen MR) is 74.9 cm³/mol. The van der Waals surface area contributed by atoms with E-state index in [4.69, 9.17) is 23.2 Å². The number of nitrogens with one attached hydrogen (secondary N) is 1. The minimum absolute atomic E-state index is 0.105. The van der Waals surface area contributed by atoms with Crippen molar-refractivity contribution in [2.75, 3.05) is 5.32 Å². The summed E-state index contributed by atoms with van der Waals surface area (Å²) in [6.45, 7) is 1.92. The van der Waals surface area contributed by atoms with Crippen LogP contribution in [0.15, 0.2) is 42.5 Å². The van der Waals surface area contributed by atoms with Crippen molar-refractivity contribution in [3.8, 4) is 0 Å². The van der Waals surface area contributed by atoms with Crippen LogP contribution in [-0.2, 0) is 0 Å². The summed E-state index contributed by atoms with van der Waals surface area (Å²) in [7, 11) is 0. The minimum Gasteiger partial charge on any atom is -0.376 e. The van der Waals surface area contributed by atoms with E-state index in [-0.39, 0.29) is 11.9 Å². The highest BCUT2D eigenvalue weighted by Crippen LogP contribution is 2.28. The Hall–Kier alpha value is -1.25. The second-order valence-corrected chi connectivity index (χ2v) is 4.86. The first kappa shape index (κ1) is 13.2. The highest BCUT2D eigenvalue weighted by molar-refractivity contribution is 6.31. The highest BCUT2D eigenvalue weighted by Gasteiger charge is 2.11. The molecule has 0 radical (unpaired) electrons. The monoisotopic (exact) mass is 283 g/mol. The molecule has 0 saturated heterocycles. The Balaban J connectivity index is 2.24. The lowest BCUT2D eigenvalue weighted by Gasteiger charge is -2.17. The summed E-state index contributed by atoms with van der Waals surface area (Å²) in [5, 5.41) is 4.21. The largest absolute Gasteiger partial charge is 0.376 e. The molecule has 0 heterocycles. The van der Waals surface area contributed by atoms with E-state index in [0.717, 1.165) is 5.56 Å². The molecule has 0 amide bonds. The Morgan fingerprint density at radius 3 is 2.56 bits per heavy atom. The second-order valence-electron chi connectivity index (χ2n) is 4.01. The normalized spacial score (nSPS) is 12.2. The van der Waals surface area contributed by atoms with Gasteiger partial charge in [-0.05, 0) is 36.8 Å². The van der Waals surface area contributed by atoms with Crippen molar-refractivity contribution in [1.29, 1.82) is 0 Å². The van der Waals surface area contributed by atoms with Gasteiger partial charge in [0.15, 0.2) is 0 Å². The third kappa shape index (κ3) is 2.95. The van der Waals surface area contributed by atoms with Gasteiger partial charge in [0.1, 0.15) is 5.82 Å². The first-order valence-corrected chi connectivity index (χ1v) is 6.29. The SMILES string of the molecule is CC(Nc1cc(Cl)ccc1F)c1ccccc1Cl. The molecule has 1 unspecified atom stereocenters. The molecular weight excluding hydrogens is 272 g/mol. The summed E-state index contributed by atoms with van der Waals surface area (Å²) < 4.78 is 13.6. The third-order valence-corrected chi connectivity index (χ3v) is 3.25. The van der Waals surface area contributed by atoms with Gasteiger partial charge < -0.3 is 5.32 Å². The molecule has 0 aliphatic carbocycles. The zero-order chi connectivity index (χ0) is 13.1. The van der Waals surface area contributed by atoms with Crippen molar-refractivity contribution in [2.45, 2.75) is 13.0 Å². The zero-order valence-electron chi connectivity index (χ0n) is 9.75. The van der Waals surface area contributed by atoms with E-state index >= 15 is 0 Å². The molecule has 1 N–H and O–H groups in total. The van der Waals surface area contributed by atoms with E-state index in [2.05, 4.69) is 5.32 Å². The van der Waals surface area contributed by atoms with Gasteiger partial charge in [-0.3, -0.25) is 0 Å². The summed E-state index contributed by atoms with van der Waals surface area (Å²) in [6.07, 6.45) is 0. The third-order valence-electron chi connectivity index (χ3n) is 2.67. The van der Waals surface area contributed by atoms with Crippen molar-refractivity contribution >= 4 is 28.9 Å². The van der Waals surface area contributed by atoms with Crippen molar-refractivity contribution < 1.29 is 4.39 Å². The van der Waals surface area contributed by atoms with Crippen LogP contribution in [0.1, 0.15) is 18.5 Å². The first-order valence-electron chi connectivity index (χ1n) is 5.54. The molecule has 0 aliphatic heterocycles. The second kappa shape index (κ2) is 5.59. The molecule has 94 valence electrons. The average Bonchev–Trinajstić information content (AvgIpc) is 2.34. The Kier molecular flexibility index (Phi) is 4.10. The van der Waals surface area contributed by atoms with Gasteiger partial charge >= 0.3 is 0 Å². The predicted octanol–water partition coefficient (Wildman–Crippen LogP) is 5.31. The number of anilines is 1. The van der Waals surface area contributed by atoms with Crippen molar-refractivity contribution in [2.24, 2.45) is 0 Å². The Labute approximate surface area is 116 Å². The molecule has 1 atom stereocenters. The van der Waals surface area contributed by atoms with Gasteiger partial charge in [0.2, 0.25) is 0 Å². The Morgan fingerprint density at radius 2 is 1.83 bits per heavy atom. The summed E-state index contributed by atoms with van der Waals surface area (Å²) in [6, 6.07) is 11.8. The topological polar surface area (TPSA) is 12.0 Å². The lowest BCUT2D eigenvalue weighted by atomic mass is 10.1. The fourth-order valence-corrected chi connectivity index (χ4v) is 2.22. The fourth-order valence-electron chi connectivity index (χ4n) is 1.75. The smallest absolute Gasteiger partial charge is 0.146 e. The lowest BCUT2D eigenvalue weighted by Crippen LogP contribution is -2.08. The van der Waals surface area contributed by atoms with Gasteiger partial charge in [0.05, 0.1) is 11.7 Å². The molecule has 0 aliphatic rings. The maximum absolute atomic E-state index is 13.6. The Morgan fingerprint density at radius 1 is 1.11 bits per heavy atom. The van der Waals surface area contributed by atoms with Crippen LogP contribution in [0.25, 0.3) is 0 Å². The molecule has 0 aromatic heterocycles. The van der Waals surface area contributed by atoms with Gasteiger partial charge in [0.25, 0.3) is 0 Å². The van der Waals surface area contributed by atoms with E-state index in [1.165, 1.54) is 12.1 Å². The molecule has 0 bridgehead atoms. The van der Waals surface area contributed by atoms with E-state index in [1.54, 1.807) is 6.07 Å². The summed E-state index contributed by atoms with van der Waals surface area (Å²) in [5.74, 6) is -0.335. The molecule has 1 nitrogen and oxygen atoms in total. The van der Waals surface area contributed by atoms with E-state index < -0.39 is 0 Å². The van der Waals surface area contributed by atoms with E-state index in [9.17, 15) is 4.39 Å². The molecule has 2 aromatic carbocycles. The van der Waals surface area contributed by atoms with Crippen molar-refractivity contribution in [1.82, 2.24) is 0 Å². The minimum atomic E-state index is -0.335. The number of benzene rings is 2. The number of hydrogen-bond donors (Lipinski definition) is 1. The summed E-state index contributed by atoms with van der Waals surface area (Å²) in [4.78, 5) is 0. The fraction of sp³-hybridized carbons (Fsp3) is 0.143. The molecule has 2 aromatic rings. The maximum Gasteiger partial charge on any atom is 0.146 e. The van der Waals surface area contributed by atoms with Crippen LogP contribution in [0.3, 0.4) is 0 Å². The zero-order valence-corrected chi connectivity index (χ0v) is 11.3. The van der Waals surface area contributed by atoms with Gasteiger partial charge in [-0.15, -0.1) is 0 Å². The average molecular weight is 284 g/mol. The van der Waals surface area contributed by atoms with Gasteiger partial charge in [0, 0.05) is 10.0 Å². The van der Waals surface area contributed by atoms with Crippen LogP contribution >= 0.6 is 23.2 Å². The van der Waals surface area contributed by atoms with E-state index in [0.29, 0.717) is 15.7 Å².